The summed E-state index contributed by atoms with van der Waals surface area (Å²) in [6.07, 6.45) is 0. The van der Waals surface area contributed by atoms with E-state index in [0.717, 1.165) is 15.7 Å². The standard InChI is InChI=1S/C13H13BrN4O2/c1-8-5-6-9(7-10(8)14)16-11-3-2-4-12(17-15)13(11)18(19)20/h2-7,16-17H,15H2,1H3. The third-order valence-corrected chi connectivity index (χ3v) is 3.68. The van der Waals surface area contributed by atoms with Crippen molar-refractivity contribution in [3.8, 4) is 0 Å². The largest absolute Gasteiger partial charge is 0.350 e. The maximum Gasteiger partial charge on any atom is 0.316 e. The molecule has 0 aliphatic rings. The smallest absolute Gasteiger partial charge is 0.316 e. The summed E-state index contributed by atoms with van der Waals surface area (Å²) in [5.41, 5.74) is 4.71. The third kappa shape index (κ3) is 2.89. The Kier molecular flexibility index (Phi) is 4.21. The van der Waals surface area contributed by atoms with Crippen LogP contribution >= 0.6 is 15.9 Å². The number of aryl methyl sites for hydroxylation is 1. The second-order valence-corrected chi connectivity index (χ2v) is 5.05. The minimum atomic E-state index is -0.471. The molecule has 2 rings (SSSR count). The normalized spacial score (nSPS) is 10.2. The van der Waals surface area contributed by atoms with Crippen molar-refractivity contribution in [1.29, 1.82) is 0 Å². The lowest BCUT2D eigenvalue weighted by molar-refractivity contribution is -0.383. The molecule has 0 saturated heterocycles. The van der Waals surface area contributed by atoms with Gasteiger partial charge in [-0.15, -0.1) is 0 Å². The van der Waals surface area contributed by atoms with Gasteiger partial charge in [-0.25, -0.2) is 0 Å². The van der Waals surface area contributed by atoms with Crippen LogP contribution in [0.2, 0.25) is 0 Å². The number of nitro groups is 1. The van der Waals surface area contributed by atoms with E-state index in [0.29, 0.717) is 5.69 Å². The van der Waals surface area contributed by atoms with Gasteiger partial charge >= 0.3 is 5.69 Å². The third-order valence-electron chi connectivity index (χ3n) is 2.82. The van der Waals surface area contributed by atoms with Gasteiger partial charge in [0, 0.05) is 10.2 Å². The number of benzene rings is 2. The van der Waals surface area contributed by atoms with Crippen LogP contribution in [0, 0.1) is 17.0 Å². The molecule has 0 unspecified atom stereocenters. The fourth-order valence-electron chi connectivity index (χ4n) is 1.78. The molecule has 20 heavy (non-hydrogen) atoms. The van der Waals surface area contributed by atoms with Crippen LogP contribution in [0.3, 0.4) is 0 Å². The van der Waals surface area contributed by atoms with Gasteiger partial charge in [0.15, 0.2) is 0 Å². The van der Waals surface area contributed by atoms with Crippen molar-refractivity contribution in [2.75, 3.05) is 10.7 Å². The molecular formula is C13H13BrN4O2. The van der Waals surface area contributed by atoms with Gasteiger partial charge < -0.3 is 10.7 Å². The van der Waals surface area contributed by atoms with E-state index in [9.17, 15) is 10.1 Å². The van der Waals surface area contributed by atoms with Gasteiger partial charge in [-0.3, -0.25) is 16.0 Å². The number of hydrogen-bond donors (Lipinski definition) is 3. The first kappa shape index (κ1) is 14.3. The zero-order valence-corrected chi connectivity index (χ0v) is 12.3. The molecule has 6 nitrogen and oxygen atoms in total. The summed E-state index contributed by atoms with van der Waals surface area (Å²) in [7, 11) is 0. The second-order valence-electron chi connectivity index (χ2n) is 4.19. The quantitative estimate of drug-likeness (QED) is 0.449. The number of rotatable bonds is 4. The highest BCUT2D eigenvalue weighted by Crippen LogP contribution is 2.34. The van der Waals surface area contributed by atoms with Gasteiger partial charge in [0.25, 0.3) is 0 Å². The van der Waals surface area contributed by atoms with Crippen molar-refractivity contribution in [3.05, 3.63) is 56.5 Å². The topological polar surface area (TPSA) is 93.2 Å². The van der Waals surface area contributed by atoms with Crippen LogP contribution in [-0.2, 0) is 0 Å². The summed E-state index contributed by atoms with van der Waals surface area (Å²) in [5.74, 6) is 5.30. The first-order valence-corrected chi connectivity index (χ1v) is 6.59. The molecule has 0 fully saturated rings. The molecule has 0 heterocycles. The fourth-order valence-corrected chi connectivity index (χ4v) is 2.16. The van der Waals surface area contributed by atoms with E-state index in [1.165, 1.54) is 0 Å². The molecule has 2 aromatic rings. The Morgan fingerprint density at radius 1 is 1.25 bits per heavy atom. The molecule has 0 aromatic heterocycles. The Bertz CT molecular complexity index is 661. The van der Waals surface area contributed by atoms with Gasteiger partial charge in [0.05, 0.1) is 4.92 Å². The summed E-state index contributed by atoms with van der Waals surface area (Å²) in [5, 5.41) is 14.2. The Labute approximate surface area is 124 Å². The molecule has 0 aliphatic carbocycles. The predicted octanol–water partition coefficient (Wildman–Crippen LogP) is 3.69. The second kappa shape index (κ2) is 5.89. The highest BCUT2D eigenvalue weighted by atomic mass is 79.9. The molecule has 104 valence electrons. The summed E-state index contributed by atoms with van der Waals surface area (Å²) >= 11 is 3.43. The highest BCUT2D eigenvalue weighted by Gasteiger charge is 2.19. The van der Waals surface area contributed by atoms with E-state index in [1.54, 1.807) is 18.2 Å². The van der Waals surface area contributed by atoms with Crippen LogP contribution in [0.15, 0.2) is 40.9 Å². The Balaban J connectivity index is 2.42. The number of nitro benzene ring substituents is 1. The van der Waals surface area contributed by atoms with E-state index >= 15 is 0 Å². The molecule has 4 N–H and O–H groups in total. The lowest BCUT2D eigenvalue weighted by Crippen LogP contribution is -2.10. The van der Waals surface area contributed by atoms with E-state index in [-0.39, 0.29) is 11.4 Å². The average Bonchev–Trinajstić information content (AvgIpc) is 2.42. The minimum absolute atomic E-state index is 0.0910. The van der Waals surface area contributed by atoms with Crippen molar-refractivity contribution in [2.45, 2.75) is 6.92 Å². The lowest BCUT2D eigenvalue weighted by Gasteiger charge is -2.10. The number of nitrogen functional groups attached to an aromatic ring is 1. The number of halogens is 1. The number of nitrogens with one attached hydrogen (secondary N) is 2. The number of hydrazine groups is 1. The van der Waals surface area contributed by atoms with Crippen LogP contribution in [0.4, 0.5) is 22.7 Å². The Morgan fingerprint density at radius 3 is 2.55 bits per heavy atom. The number of nitrogens with zero attached hydrogens (tertiary/aromatic N) is 1. The van der Waals surface area contributed by atoms with Gasteiger partial charge in [-0.05, 0) is 36.8 Å². The van der Waals surface area contributed by atoms with Gasteiger partial charge in [0.2, 0.25) is 0 Å². The first-order valence-electron chi connectivity index (χ1n) is 5.80. The van der Waals surface area contributed by atoms with E-state index in [1.807, 2.05) is 25.1 Å². The zero-order valence-electron chi connectivity index (χ0n) is 10.7. The van der Waals surface area contributed by atoms with Crippen LogP contribution in [-0.4, -0.2) is 4.92 Å². The Morgan fingerprint density at radius 2 is 1.95 bits per heavy atom. The van der Waals surface area contributed by atoms with Gasteiger partial charge in [0.1, 0.15) is 11.4 Å². The molecule has 0 spiro atoms. The molecule has 2 aromatic carbocycles. The number of nitrogens with two attached hydrogens (primary N) is 1. The van der Waals surface area contributed by atoms with E-state index in [2.05, 4.69) is 26.7 Å². The van der Waals surface area contributed by atoms with Gasteiger partial charge in [-0.2, -0.15) is 0 Å². The maximum absolute atomic E-state index is 11.2. The van der Waals surface area contributed by atoms with Crippen molar-refractivity contribution in [1.82, 2.24) is 0 Å². The van der Waals surface area contributed by atoms with Crippen molar-refractivity contribution in [2.24, 2.45) is 5.84 Å². The molecule has 7 heteroatoms. The molecule has 0 bridgehead atoms. The summed E-state index contributed by atoms with van der Waals surface area (Å²) < 4.78 is 0.929. The molecule has 0 atom stereocenters. The van der Waals surface area contributed by atoms with Crippen molar-refractivity contribution >= 4 is 38.7 Å². The molecule has 0 saturated carbocycles. The summed E-state index contributed by atoms with van der Waals surface area (Å²) in [6.45, 7) is 1.97. The fraction of sp³-hybridized carbons (Fsp3) is 0.0769. The summed E-state index contributed by atoms with van der Waals surface area (Å²) in [4.78, 5) is 10.7. The zero-order chi connectivity index (χ0) is 14.7. The predicted molar refractivity (Wildman–Crippen MR) is 83.1 cm³/mol. The average molecular weight is 337 g/mol. The first-order chi connectivity index (χ1) is 9.52. The van der Waals surface area contributed by atoms with E-state index in [4.69, 9.17) is 5.84 Å². The molecule has 0 aliphatic heterocycles. The van der Waals surface area contributed by atoms with Crippen LogP contribution < -0.4 is 16.6 Å². The summed E-state index contributed by atoms with van der Waals surface area (Å²) in [6, 6.07) is 10.5. The van der Waals surface area contributed by atoms with Crippen LogP contribution in [0.25, 0.3) is 0 Å². The monoisotopic (exact) mass is 336 g/mol. The van der Waals surface area contributed by atoms with Crippen LogP contribution in [0.5, 0.6) is 0 Å². The van der Waals surface area contributed by atoms with E-state index < -0.39 is 4.92 Å². The van der Waals surface area contributed by atoms with Crippen molar-refractivity contribution in [3.63, 3.8) is 0 Å². The van der Waals surface area contributed by atoms with Crippen LogP contribution in [0.1, 0.15) is 5.56 Å². The SMILES string of the molecule is Cc1ccc(Nc2cccc(NN)c2[N+](=O)[O-])cc1Br. The number of para-hydroxylation sites is 1. The number of hydrogen-bond acceptors (Lipinski definition) is 5. The molecule has 0 amide bonds. The maximum atomic E-state index is 11.2. The lowest BCUT2D eigenvalue weighted by atomic mass is 10.2. The van der Waals surface area contributed by atoms with Crippen molar-refractivity contribution < 1.29 is 4.92 Å². The molecular weight excluding hydrogens is 324 g/mol. The minimum Gasteiger partial charge on any atom is -0.350 e. The van der Waals surface area contributed by atoms with Gasteiger partial charge in [-0.1, -0.05) is 28.1 Å². The highest BCUT2D eigenvalue weighted by molar-refractivity contribution is 9.10. The number of anilines is 3. The Hall–Kier alpha value is -2.12. The molecule has 0 radical (unpaired) electrons.